The molecule has 2 aromatic carbocycles. The predicted octanol–water partition coefficient (Wildman–Crippen LogP) is 2.91. The highest BCUT2D eigenvalue weighted by Crippen LogP contribution is 2.26. The Bertz CT molecular complexity index is 1010. The van der Waals surface area contributed by atoms with Crippen molar-refractivity contribution in [3.8, 4) is 11.1 Å². The van der Waals surface area contributed by atoms with E-state index in [-0.39, 0.29) is 11.6 Å². The fourth-order valence-electron chi connectivity index (χ4n) is 3.54. The van der Waals surface area contributed by atoms with Gasteiger partial charge in [0.25, 0.3) is 5.91 Å². The highest BCUT2D eigenvalue weighted by Gasteiger charge is 2.21. The summed E-state index contributed by atoms with van der Waals surface area (Å²) in [7, 11) is 0. The van der Waals surface area contributed by atoms with Crippen LogP contribution >= 0.6 is 0 Å². The number of carbonyl (C=O) groups excluding carboxylic acids is 1. The van der Waals surface area contributed by atoms with Gasteiger partial charge in [-0.15, -0.1) is 0 Å². The summed E-state index contributed by atoms with van der Waals surface area (Å²) in [6.07, 6.45) is 3.46. The van der Waals surface area contributed by atoms with Gasteiger partial charge < -0.3 is 21.7 Å². The van der Waals surface area contributed by atoms with Gasteiger partial charge in [0.05, 0.1) is 0 Å². The lowest BCUT2D eigenvalue weighted by atomic mass is 10.1. The maximum absolute atomic E-state index is 11.9. The molecule has 2 heterocycles. The van der Waals surface area contributed by atoms with Gasteiger partial charge in [0.2, 0.25) is 5.95 Å². The molecule has 0 radical (unpaired) electrons. The fraction of sp³-hybridized carbons (Fsp3) is 0.227. The molecule has 1 aliphatic rings. The molecule has 1 amide bonds. The van der Waals surface area contributed by atoms with Gasteiger partial charge in [0.15, 0.2) is 0 Å². The van der Waals surface area contributed by atoms with Crippen LogP contribution in [0.15, 0.2) is 60.8 Å². The Hall–Kier alpha value is -3.45. The van der Waals surface area contributed by atoms with Crippen LogP contribution in [0.5, 0.6) is 0 Å². The van der Waals surface area contributed by atoms with Crippen molar-refractivity contribution < 1.29 is 4.79 Å². The first-order chi connectivity index (χ1) is 14.1. The van der Waals surface area contributed by atoms with Crippen LogP contribution in [0.3, 0.4) is 0 Å². The second kappa shape index (κ2) is 8.28. The third-order valence-electron chi connectivity index (χ3n) is 5.01. The summed E-state index contributed by atoms with van der Waals surface area (Å²) in [6, 6.07) is 18.1. The van der Waals surface area contributed by atoms with Gasteiger partial charge in [-0.2, -0.15) is 4.98 Å². The maximum atomic E-state index is 11.9. The van der Waals surface area contributed by atoms with Crippen molar-refractivity contribution in [1.82, 2.24) is 9.97 Å². The minimum Gasteiger partial charge on any atom is -0.365 e. The van der Waals surface area contributed by atoms with Crippen LogP contribution in [0, 0.1) is 0 Å². The number of aromatic nitrogens is 2. The van der Waals surface area contributed by atoms with Gasteiger partial charge in [0, 0.05) is 31.0 Å². The SMILES string of the molecule is NC(=O)c1cnc(N2CCC[C@H](N)C2)nc1Nc1cccc(-c2ccccc2)c1. The summed E-state index contributed by atoms with van der Waals surface area (Å²) in [5, 5.41) is 3.24. The molecule has 1 atom stereocenters. The molecular weight excluding hydrogens is 364 g/mol. The third-order valence-corrected chi connectivity index (χ3v) is 5.01. The third kappa shape index (κ3) is 4.35. The van der Waals surface area contributed by atoms with E-state index < -0.39 is 5.91 Å². The van der Waals surface area contributed by atoms with Crippen LogP contribution in [0.25, 0.3) is 11.1 Å². The van der Waals surface area contributed by atoms with E-state index in [1.807, 2.05) is 47.4 Å². The van der Waals surface area contributed by atoms with E-state index in [4.69, 9.17) is 11.5 Å². The van der Waals surface area contributed by atoms with Crippen LogP contribution in [-0.4, -0.2) is 35.0 Å². The zero-order chi connectivity index (χ0) is 20.2. The summed E-state index contributed by atoms with van der Waals surface area (Å²) >= 11 is 0. The Labute approximate surface area is 169 Å². The van der Waals surface area contributed by atoms with Crippen molar-refractivity contribution >= 4 is 23.4 Å². The fourth-order valence-corrected chi connectivity index (χ4v) is 3.54. The van der Waals surface area contributed by atoms with Crippen LogP contribution in [-0.2, 0) is 0 Å². The Morgan fingerprint density at radius 3 is 2.66 bits per heavy atom. The molecule has 7 nitrogen and oxygen atoms in total. The van der Waals surface area contributed by atoms with Crippen LogP contribution in [0.4, 0.5) is 17.5 Å². The van der Waals surface area contributed by atoms with Gasteiger partial charge in [-0.25, -0.2) is 4.98 Å². The van der Waals surface area contributed by atoms with E-state index in [0.717, 1.165) is 36.2 Å². The molecular formula is C22H24N6O. The summed E-state index contributed by atoms with van der Waals surface area (Å²) in [6.45, 7) is 1.53. The number of hydrogen-bond donors (Lipinski definition) is 3. The number of hydrogen-bond acceptors (Lipinski definition) is 6. The predicted molar refractivity (Wildman–Crippen MR) is 115 cm³/mol. The minimum atomic E-state index is -0.575. The van der Waals surface area contributed by atoms with Gasteiger partial charge in [-0.3, -0.25) is 4.79 Å². The molecule has 1 aliphatic heterocycles. The van der Waals surface area contributed by atoms with E-state index in [0.29, 0.717) is 18.3 Å². The topological polar surface area (TPSA) is 110 Å². The molecule has 3 aromatic rings. The molecule has 7 heteroatoms. The molecule has 5 N–H and O–H groups in total. The lowest BCUT2D eigenvalue weighted by molar-refractivity contribution is 0.100. The average molecular weight is 388 g/mol. The molecule has 1 aromatic heterocycles. The van der Waals surface area contributed by atoms with Crippen molar-refractivity contribution in [1.29, 1.82) is 0 Å². The van der Waals surface area contributed by atoms with E-state index in [9.17, 15) is 4.79 Å². The molecule has 148 valence electrons. The molecule has 0 saturated carbocycles. The average Bonchev–Trinajstić information content (AvgIpc) is 2.74. The lowest BCUT2D eigenvalue weighted by Gasteiger charge is -2.31. The Balaban J connectivity index is 1.65. The number of nitrogens with one attached hydrogen (secondary N) is 1. The number of anilines is 3. The number of carbonyl (C=O) groups is 1. The summed E-state index contributed by atoms with van der Waals surface area (Å²) in [4.78, 5) is 22.9. The van der Waals surface area contributed by atoms with E-state index in [1.165, 1.54) is 6.20 Å². The lowest BCUT2D eigenvalue weighted by Crippen LogP contribution is -2.43. The van der Waals surface area contributed by atoms with Gasteiger partial charge in [-0.05, 0) is 36.1 Å². The second-order valence-corrected chi connectivity index (χ2v) is 7.22. The summed E-state index contributed by atoms with van der Waals surface area (Å²) < 4.78 is 0. The molecule has 0 spiro atoms. The van der Waals surface area contributed by atoms with Gasteiger partial charge >= 0.3 is 0 Å². The number of rotatable bonds is 5. The second-order valence-electron chi connectivity index (χ2n) is 7.22. The number of primary amides is 1. The standard InChI is InChI=1S/C22H24N6O/c23-17-9-5-11-28(14-17)22-25-13-19(20(24)29)21(27-22)26-18-10-4-8-16(12-18)15-6-2-1-3-7-15/h1-4,6-8,10,12-13,17H,5,9,11,14,23H2,(H2,24,29)(H,25,26,27)/t17-/m0/s1. The van der Waals surface area contributed by atoms with Crippen molar-refractivity contribution in [2.45, 2.75) is 18.9 Å². The van der Waals surface area contributed by atoms with E-state index in [2.05, 4.69) is 27.4 Å². The molecule has 29 heavy (non-hydrogen) atoms. The molecule has 1 saturated heterocycles. The Morgan fingerprint density at radius 1 is 1.10 bits per heavy atom. The first kappa shape index (κ1) is 18.9. The van der Waals surface area contributed by atoms with E-state index in [1.54, 1.807) is 0 Å². The molecule has 0 bridgehead atoms. The first-order valence-corrected chi connectivity index (χ1v) is 9.70. The summed E-state index contributed by atoms with van der Waals surface area (Å²) in [5.41, 5.74) is 14.9. The zero-order valence-corrected chi connectivity index (χ0v) is 16.1. The molecule has 1 fully saturated rings. The number of nitrogens with zero attached hydrogens (tertiary/aromatic N) is 3. The van der Waals surface area contributed by atoms with Crippen LogP contribution < -0.4 is 21.7 Å². The van der Waals surface area contributed by atoms with Crippen molar-refractivity contribution in [2.24, 2.45) is 11.5 Å². The highest BCUT2D eigenvalue weighted by molar-refractivity contribution is 5.98. The van der Waals surface area contributed by atoms with Gasteiger partial charge in [0.1, 0.15) is 11.4 Å². The van der Waals surface area contributed by atoms with E-state index >= 15 is 0 Å². The quantitative estimate of drug-likeness (QED) is 0.620. The van der Waals surface area contributed by atoms with Crippen LogP contribution in [0.1, 0.15) is 23.2 Å². The highest BCUT2D eigenvalue weighted by atomic mass is 16.1. The number of amides is 1. The normalized spacial score (nSPS) is 16.4. The smallest absolute Gasteiger partial charge is 0.254 e. The minimum absolute atomic E-state index is 0.0992. The number of piperidine rings is 1. The number of nitrogens with two attached hydrogens (primary N) is 2. The Kier molecular flexibility index (Phi) is 5.39. The first-order valence-electron chi connectivity index (χ1n) is 9.70. The monoisotopic (exact) mass is 388 g/mol. The maximum Gasteiger partial charge on any atom is 0.254 e. The van der Waals surface area contributed by atoms with Gasteiger partial charge in [-0.1, -0.05) is 42.5 Å². The molecule has 0 aliphatic carbocycles. The zero-order valence-electron chi connectivity index (χ0n) is 16.1. The van der Waals surface area contributed by atoms with Crippen molar-refractivity contribution in [3.05, 3.63) is 66.4 Å². The number of benzene rings is 2. The molecule has 0 unspecified atom stereocenters. The summed E-state index contributed by atoms with van der Waals surface area (Å²) in [5.74, 6) is 0.368. The van der Waals surface area contributed by atoms with Crippen molar-refractivity contribution in [3.63, 3.8) is 0 Å². The van der Waals surface area contributed by atoms with Crippen molar-refractivity contribution in [2.75, 3.05) is 23.3 Å². The van der Waals surface area contributed by atoms with Crippen LogP contribution in [0.2, 0.25) is 0 Å². The largest absolute Gasteiger partial charge is 0.365 e. The Morgan fingerprint density at radius 2 is 1.90 bits per heavy atom. The molecule has 4 rings (SSSR count).